The lowest BCUT2D eigenvalue weighted by atomic mass is 10.2. The molecule has 1 N–H and O–H groups in total. The number of para-hydroxylation sites is 2. The zero-order valence-electron chi connectivity index (χ0n) is 13.0. The highest BCUT2D eigenvalue weighted by Crippen LogP contribution is 2.18. The van der Waals surface area contributed by atoms with Crippen molar-refractivity contribution in [2.45, 2.75) is 0 Å². The Kier molecular flexibility index (Phi) is 4.10. The summed E-state index contributed by atoms with van der Waals surface area (Å²) in [7, 11) is 3.46. The average Bonchev–Trinajstić information content (AvgIpc) is 2.92. The number of amides is 1. The number of nitrogens with one attached hydrogen (secondary N) is 1. The van der Waals surface area contributed by atoms with Crippen molar-refractivity contribution >= 4 is 23.0 Å². The molecule has 0 radical (unpaired) electrons. The molecular formula is C18H17N3O2. The van der Waals surface area contributed by atoms with E-state index in [0.717, 1.165) is 16.5 Å². The summed E-state index contributed by atoms with van der Waals surface area (Å²) < 4.78 is 7.09. The van der Waals surface area contributed by atoms with E-state index >= 15 is 0 Å². The molecular weight excluding hydrogens is 290 g/mol. The number of hydrogen-bond acceptors (Lipinski definition) is 3. The van der Waals surface area contributed by atoms with Gasteiger partial charge in [0.25, 0.3) is 5.91 Å². The van der Waals surface area contributed by atoms with Gasteiger partial charge in [0, 0.05) is 23.5 Å². The lowest BCUT2D eigenvalue weighted by molar-refractivity contribution is 0.0947. The second kappa shape index (κ2) is 6.36. The van der Waals surface area contributed by atoms with Gasteiger partial charge in [-0.1, -0.05) is 30.3 Å². The molecule has 23 heavy (non-hydrogen) atoms. The molecule has 0 saturated carbocycles. The molecule has 0 unspecified atom stereocenters. The largest absolute Gasteiger partial charge is 0.496 e. The molecule has 116 valence electrons. The predicted octanol–water partition coefficient (Wildman–Crippen LogP) is 2.95. The fourth-order valence-electron chi connectivity index (χ4n) is 2.50. The van der Waals surface area contributed by atoms with E-state index in [4.69, 9.17) is 4.74 Å². The van der Waals surface area contributed by atoms with E-state index in [2.05, 4.69) is 10.5 Å². The maximum atomic E-state index is 12.3. The third-order valence-electron chi connectivity index (χ3n) is 3.69. The van der Waals surface area contributed by atoms with Gasteiger partial charge >= 0.3 is 0 Å². The van der Waals surface area contributed by atoms with Crippen LogP contribution in [0, 0.1) is 0 Å². The third-order valence-corrected chi connectivity index (χ3v) is 3.69. The van der Waals surface area contributed by atoms with Gasteiger partial charge in [0.15, 0.2) is 0 Å². The van der Waals surface area contributed by atoms with E-state index in [9.17, 15) is 4.79 Å². The van der Waals surface area contributed by atoms with Crippen LogP contribution in [-0.2, 0) is 7.05 Å². The van der Waals surface area contributed by atoms with Crippen LogP contribution in [0.25, 0.3) is 10.9 Å². The minimum absolute atomic E-state index is 0.255. The maximum absolute atomic E-state index is 12.3. The summed E-state index contributed by atoms with van der Waals surface area (Å²) in [5.41, 5.74) is 4.92. The van der Waals surface area contributed by atoms with Crippen LogP contribution in [-0.4, -0.2) is 23.8 Å². The van der Waals surface area contributed by atoms with Gasteiger partial charge in [-0.2, -0.15) is 5.10 Å². The van der Waals surface area contributed by atoms with E-state index in [0.29, 0.717) is 11.4 Å². The van der Waals surface area contributed by atoms with Gasteiger partial charge in [-0.05, 0) is 24.3 Å². The second-order valence-corrected chi connectivity index (χ2v) is 5.09. The number of aromatic nitrogens is 1. The Morgan fingerprint density at radius 2 is 1.91 bits per heavy atom. The summed E-state index contributed by atoms with van der Waals surface area (Å²) in [6.45, 7) is 0. The van der Waals surface area contributed by atoms with E-state index in [1.165, 1.54) is 0 Å². The summed E-state index contributed by atoms with van der Waals surface area (Å²) in [5, 5.41) is 5.04. The van der Waals surface area contributed by atoms with Gasteiger partial charge in [0.2, 0.25) is 0 Å². The topological polar surface area (TPSA) is 55.6 Å². The van der Waals surface area contributed by atoms with Crippen LogP contribution in [0.3, 0.4) is 0 Å². The highest BCUT2D eigenvalue weighted by molar-refractivity contribution is 5.99. The fourth-order valence-corrected chi connectivity index (χ4v) is 2.50. The Hall–Kier alpha value is -3.08. The summed E-state index contributed by atoms with van der Waals surface area (Å²) in [4.78, 5) is 12.3. The normalized spacial score (nSPS) is 11.0. The summed E-state index contributed by atoms with van der Waals surface area (Å²) in [5.74, 6) is 0.449. The Morgan fingerprint density at radius 1 is 1.17 bits per heavy atom. The zero-order valence-corrected chi connectivity index (χ0v) is 13.0. The zero-order chi connectivity index (χ0) is 16.2. The third kappa shape index (κ3) is 2.94. The lowest BCUT2D eigenvalue weighted by Gasteiger charge is -2.04. The van der Waals surface area contributed by atoms with E-state index in [-0.39, 0.29) is 5.91 Å². The number of hydrogen-bond donors (Lipinski definition) is 1. The van der Waals surface area contributed by atoms with Crippen LogP contribution in [0.4, 0.5) is 0 Å². The van der Waals surface area contributed by atoms with Crippen LogP contribution < -0.4 is 10.2 Å². The molecule has 0 spiro atoms. The van der Waals surface area contributed by atoms with Crippen LogP contribution >= 0.6 is 0 Å². The SMILES string of the molecule is COc1ccccc1/C=N/NC(=O)c1cc2ccccc2n1C. The van der Waals surface area contributed by atoms with E-state index in [1.54, 1.807) is 13.3 Å². The summed E-state index contributed by atoms with van der Waals surface area (Å²) in [6.07, 6.45) is 1.57. The van der Waals surface area contributed by atoms with Crippen molar-refractivity contribution < 1.29 is 9.53 Å². The molecule has 1 aromatic heterocycles. The Balaban J connectivity index is 1.78. The second-order valence-electron chi connectivity index (χ2n) is 5.09. The molecule has 3 aromatic rings. The molecule has 0 aliphatic rings. The molecule has 0 aliphatic carbocycles. The number of nitrogens with zero attached hydrogens (tertiary/aromatic N) is 2. The van der Waals surface area contributed by atoms with Crippen molar-refractivity contribution in [3.05, 3.63) is 65.9 Å². The van der Waals surface area contributed by atoms with Crippen molar-refractivity contribution in [1.82, 2.24) is 9.99 Å². The van der Waals surface area contributed by atoms with Crippen molar-refractivity contribution in [2.75, 3.05) is 7.11 Å². The number of carbonyl (C=O) groups excluding carboxylic acids is 1. The monoisotopic (exact) mass is 307 g/mol. The first kappa shape index (κ1) is 14.8. The average molecular weight is 307 g/mol. The maximum Gasteiger partial charge on any atom is 0.287 e. The molecule has 3 rings (SSSR count). The number of hydrazone groups is 1. The quantitative estimate of drug-likeness (QED) is 0.595. The molecule has 1 heterocycles. The van der Waals surface area contributed by atoms with Crippen LogP contribution in [0.2, 0.25) is 0 Å². The van der Waals surface area contributed by atoms with Gasteiger partial charge in [-0.15, -0.1) is 0 Å². The molecule has 0 atom stereocenters. The fraction of sp³-hybridized carbons (Fsp3) is 0.111. The Morgan fingerprint density at radius 3 is 2.70 bits per heavy atom. The number of aryl methyl sites for hydroxylation is 1. The summed E-state index contributed by atoms with van der Waals surface area (Å²) in [6, 6.07) is 17.2. The number of carbonyl (C=O) groups is 1. The molecule has 0 saturated heterocycles. The Labute approximate surface area is 134 Å². The van der Waals surface area contributed by atoms with Crippen molar-refractivity contribution in [3.8, 4) is 5.75 Å². The first-order valence-corrected chi connectivity index (χ1v) is 7.21. The minimum Gasteiger partial charge on any atom is -0.496 e. The number of ether oxygens (including phenoxy) is 1. The van der Waals surface area contributed by atoms with Gasteiger partial charge in [0.1, 0.15) is 11.4 Å². The van der Waals surface area contributed by atoms with Gasteiger partial charge in [-0.25, -0.2) is 5.43 Å². The number of rotatable bonds is 4. The first-order valence-electron chi connectivity index (χ1n) is 7.21. The molecule has 0 aliphatic heterocycles. The highest BCUT2D eigenvalue weighted by Gasteiger charge is 2.12. The molecule has 1 amide bonds. The minimum atomic E-state index is -0.255. The number of fused-ring (bicyclic) bond motifs is 1. The lowest BCUT2D eigenvalue weighted by Crippen LogP contribution is -2.20. The van der Waals surface area contributed by atoms with Crippen molar-refractivity contribution in [1.29, 1.82) is 0 Å². The van der Waals surface area contributed by atoms with Crippen LogP contribution in [0.1, 0.15) is 16.1 Å². The van der Waals surface area contributed by atoms with Gasteiger partial charge in [0.05, 0.1) is 13.3 Å². The van der Waals surface area contributed by atoms with Gasteiger partial charge < -0.3 is 9.30 Å². The smallest absolute Gasteiger partial charge is 0.287 e. The molecule has 5 nitrogen and oxygen atoms in total. The molecule has 2 aromatic carbocycles. The first-order chi connectivity index (χ1) is 11.2. The van der Waals surface area contributed by atoms with Crippen LogP contribution in [0.5, 0.6) is 5.75 Å². The van der Waals surface area contributed by atoms with Crippen molar-refractivity contribution in [2.24, 2.45) is 12.1 Å². The predicted molar refractivity (Wildman–Crippen MR) is 91.0 cm³/mol. The Bertz CT molecular complexity index is 881. The summed E-state index contributed by atoms with van der Waals surface area (Å²) >= 11 is 0. The molecule has 5 heteroatoms. The van der Waals surface area contributed by atoms with E-state index in [1.807, 2.05) is 66.2 Å². The van der Waals surface area contributed by atoms with E-state index < -0.39 is 0 Å². The number of benzene rings is 2. The standard InChI is InChI=1S/C18H17N3O2/c1-21-15-9-5-3-7-13(15)11-16(21)18(22)20-19-12-14-8-4-6-10-17(14)23-2/h3-12H,1-2H3,(H,20,22)/b19-12+. The highest BCUT2D eigenvalue weighted by atomic mass is 16.5. The molecule has 0 fully saturated rings. The number of methoxy groups -OCH3 is 1. The molecule has 0 bridgehead atoms. The van der Waals surface area contributed by atoms with Gasteiger partial charge in [-0.3, -0.25) is 4.79 Å². The van der Waals surface area contributed by atoms with Crippen molar-refractivity contribution in [3.63, 3.8) is 0 Å². The van der Waals surface area contributed by atoms with Crippen LogP contribution in [0.15, 0.2) is 59.7 Å².